The van der Waals surface area contributed by atoms with Crippen molar-refractivity contribution in [3.63, 3.8) is 0 Å². The summed E-state index contributed by atoms with van der Waals surface area (Å²) in [5.74, 6) is 1.78. The van der Waals surface area contributed by atoms with Crippen molar-refractivity contribution in [3.8, 4) is 11.6 Å². The molecule has 7 heteroatoms. The molecule has 0 aliphatic carbocycles. The largest absolute Gasteiger partial charge is 0.461 e. The molecule has 0 aliphatic heterocycles. The third-order valence-corrected chi connectivity index (χ3v) is 4.07. The predicted octanol–water partition coefficient (Wildman–Crippen LogP) is 4.51. The number of nitrogens with one attached hydrogen (secondary N) is 2. The van der Waals surface area contributed by atoms with Crippen LogP contribution in [-0.4, -0.2) is 29.0 Å². The van der Waals surface area contributed by atoms with E-state index in [1.54, 1.807) is 24.5 Å². The maximum absolute atomic E-state index is 11.9. The molecule has 0 unspecified atom stereocenters. The molecule has 0 saturated heterocycles. The Morgan fingerprint density at radius 2 is 2.00 bits per heavy atom. The fourth-order valence-corrected chi connectivity index (χ4v) is 2.85. The van der Waals surface area contributed by atoms with Crippen LogP contribution >= 0.6 is 11.6 Å². The Hall–Kier alpha value is -2.60. The van der Waals surface area contributed by atoms with Crippen molar-refractivity contribution in [3.05, 3.63) is 41.6 Å². The molecule has 3 aromatic rings. The molecule has 2 aromatic heterocycles. The van der Waals surface area contributed by atoms with Gasteiger partial charge < -0.3 is 15.1 Å². The molecule has 0 atom stereocenters. The van der Waals surface area contributed by atoms with Gasteiger partial charge in [-0.1, -0.05) is 32.4 Å². The zero-order valence-electron chi connectivity index (χ0n) is 15.7. The highest BCUT2D eigenvalue weighted by Gasteiger charge is 2.15. The third-order valence-electron chi connectivity index (χ3n) is 3.83. The quantitative estimate of drug-likeness (QED) is 0.609. The van der Waals surface area contributed by atoms with E-state index in [0.717, 1.165) is 10.9 Å². The molecule has 2 heterocycles. The van der Waals surface area contributed by atoms with Gasteiger partial charge in [0.2, 0.25) is 5.91 Å². The molecule has 0 bridgehead atoms. The van der Waals surface area contributed by atoms with Gasteiger partial charge in [0.25, 0.3) is 0 Å². The van der Waals surface area contributed by atoms with Gasteiger partial charge in [-0.05, 0) is 35.7 Å². The lowest BCUT2D eigenvalue weighted by molar-refractivity contribution is -0.122. The Bertz CT molecular complexity index is 933. The summed E-state index contributed by atoms with van der Waals surface area (Å²) in [5.41, 5.74) is 0.695. The standard InChI is InChI=1S/C20H23ClN4O2/c1-20(2,3)12-17(26)22-8-9-23-18-14-7-6-13(21)11-15(14)24-19(25-18)16-5-4-10-27-16/h4-7,10-11H,8-9,12H2,1-3H3,(H,22,26)(H,23,24,25). The van der Waals surface area contributed by atoms with E-state index in [-0.39, 0.29) is 11.3 Å². The van der Waals surface area contributed by atoms with E-state index in [4.69, 9.17) is 16.0 Å². The zero-order chi connectivity index (χ0) is 19.4. The number of amides is 1. The first-order valence-corrected chi connectivity index (χ1v) is 9.21. The molecule has 2 N–H and O–H groups in total. The first-order chi connectivity index (χ1) is 12.8. The summed E-state index contributed by atoms with van der Waals surface area (Å²) in [6.45, 7) is 7.17. The van der Waals surface area contributed by atoms with Gasteiger partial charge in [0.15, 0.2) is 11.6 Å². The first kappa shape index (κ1) is 19.2. The predicted molar refractivity (Wildman–Crippen MR) is 108 cm³/mol. The van der Waals surface area contributed by atoms with E-state index >= 15 is 0 Å². The molecule has 0 aliphatic rings. The van der Waals surface area contributed by atoms with Crippen LogP contribution in [-0.2, 0) is 4.79 Å². The number of halogens is 1. The zero-order valence-corrected chi connectivity index (χ0v) is 16.4. The van der Waals surface area contributed by atoms with Crippen LogP contribution < -0.4 is 10.6 Å². The molecule has 0 saturated carbocycles. The summed E-state index contributed by atoms with van der Waals surface area (Å²) in [6.07, 6.45) is 2.07. The summed E-state index contributed by atoms with van der Waals surface area (Å²) in [6, 6.07) is 9.07. The van der Waals surface area contributed by atoms with E-state index in [9.17, 15) is 4.79 Å². The van der Waals surface area contributed by atoms with Gasteiger partial charge in [-0.15, -0.1) is 0 Å². The van der Waals surface area contributed by atoms with Crippen molar-refractivity contribution in [1.82, 2.24) is 15.3 Å². The normalized spacial score (nSPS) is 11.6. The van der Waals surface area contributed by atoms with Gasteiger partial charge in [0, 0.05) is 29.9 Å². The van der Waals surface area contributed by atoms with E-state index in [0.29, 0.717) is 41.9 Å². The molecule has 142 valence electrons. The van der Waals surface area contributed by atoms with Crippen molar-refractivity contribution >= 4 is 34.2 Å². The summed E-state index contributed by atoms with van der Waals surface area (Å²) in [5, 5.41) is 7.66. The number of hydrogen-bond acceptors (Lipinski definition) is 5. The van der Waals surface area contributed by atoms with Crippen molar-refractivity contribution < 1.29 is 9.21 Å². The van der Waals surface area contributed by atoms with Crippen LogP contribution in [0.2, 0.25) is 5.02 Å². The number of fused-ring (bicyclic) bond motifs is 1. The summed E-state index contributed by atoms with van der Waals surface area (Å²) in [7, 11) is 0. The lowest BCUT2D eigenvalue weighted by Gasteiger charge is -2.17. The third kappa shape index (κ3) is 5.20. The van der Waals surface area contributed by atoms with Crippen molar-refractivity contribution in [2.24, 2.45) is 5.41 Å². The monoisotopic (exact) mass is 386 g/mol. The first-order valence-electron chi connectivity index (χ1n) is 8.83. The van der Waals surface area contributed by atoms with Gasteiger partial charge in [0.05, 0.1) is 11.8 Å². The summed E-state index contributed by atoms with van der Waals surface area (Å²) >= 11 is 6.11. The molecule has 6 nitrogen and oxygen atoms in total. The van der Waals surface area contributed by atoms with Gasteiger partial charge in [-0.25, -0.2) is 9.97 Å². The van der Waals surface area contributed by atoms with Crippen LogP contribution in [0.4, 0.5) is 5.82 Å². The number of carbonyl (C=O) groups is 1. The SMILES string of the molecule is CC(C)(C)CC(=O)NCCNc1nc(-c2ccco2)nc2cc(Cl)ccc12. The number of furan rings is 1. The molecule has 1 amide bonds. The topological polar surface area (TPSA) is 80.0 Å². The maximum atomic E-state index is 11.9. The molecule has 1 aromatic carbocycles. The highest BCUT2D eigenvalue weighted by molar-refractivity contribution is 6.31. The fraction of sp³-hybridized carbons (Fsp3) is 0.350. The number of rotatable bonds is 6. The Balaban J connectivity index is 1.74. The molecule has 0 spiro atoms. The van der Waals surface area contributed by atoms with Gasteiger partial charge in [-0.3, -0.25) is 4.79 Å². The lowest BCUT2D eigenvalue weighted by Crippen LogP contribution is -2.31. The Morgan fingerprint density at radius 3 is 2.70 bits per heavy atom. The van der Waals surface area contributed by atoms with Crippen molar-refractivity contribution in [2.45, 2.75) is 27.2 Å². The van der Waals surface area contributed by atoms with Crippen LogP contribution in [0.5, 0.6) is 0 Å². The molecule has 0 fully saturated rings. The molecular weight excluding hydrogens is 364 g/mol. The number of hydrogen-bond donors (Lipinski definition) is 2. The minimum absolute atomic E-state index is 0.0302. The summed E-state index contributed by atoms with van der Waals surface area (Å²) in [4.78, 5) is 21.1. The lowest BCUT2D eigenvalue weighted by atomic mass is 9.92. The number of anilines is 1. The van der Waals surface area contributed by atoms with Gasteiger partial charge in [0.1, 0.15) is 5.82 Å². The second kappa shape index (κ2) is 7.96. The highest BCUT2D eigenvalue weighted by atomic mass is 35.5. The van der Waals surface area contributed by atoms with E-state index in [1.807, 2.05) is 32.9 Å². The highest BCUT2D eigenvalue weighted by Crippen LogP contribution is 2.27. The molecule has 27 heavy (non-hydrogen) atoms. The van der Waals surface area contributed by atoms with Crippen LogP contribution in [0.25, 0.3) is 22.5 Å². The van der Waals surface area contributed by atoms with Crippen molar-refractivity contribution in [2.75, 3.05) is 18.4 Å². The fourth-order valence-electron chi connectivity index (χ4n) is 2.68. The van der Waals surface area contributed by atoms with E-state index < -0.39 is 0 Å². The number of benzene rings is 1. The number of carbonyl (C=O) groups excluding carboxylic acids is 1. The Morgan fingerprint density at radius 1 is 1.19 bits per heavy atom. The maximum Gasteiger partial charge on any atom is 0.220 e. The second-order valence-electron chi connectivity index (χ2n) is 7.55. The minimum Gasteiger partial charge on any atom is -0.461 e. The smallest absolute Gasteiger partial charge is 0.220 e. The number of aromatic nitrogens is 2. The van der Waals surface area contributed by atoms with Crippen LogP contribution in [0.15, 0.2) is 41.0 Å². The number of nitrogens with zero attached hydrogens (tertiary/aromatic N) is 2. The van der Waals surface area contributed by atoms with Crippen LogP contribution in [0, 0.1) is 5.41 Å². The summed E-state index contributed by atoms with van der Waals surface area (Å²) < 4.78 is 5.41. The van der Waals surface area contributed by atoms with Crippen LogP contribution in [0.3, 0.4) is 0 Å². The minimum atomic E-state index is -0.0302. The van der Waals surface area contributed by atoms with Crippen LogP contribution in [0.1, 0.15) is 27.2 Å². The molecule has 0 radical (unpaired) electrons. The van der Waals surface area contributed by atoms with Gasteiger partial charge >= 0.3 is 0 Å². The Kier molecular flexibility index (Phi) is 5.65. The Labute approximate surface area is 163 Å². The van der Waals surface area contributed by atoms with Gasteiger partial charge in [-0.2, -0.15) is 0 Å². The molecule has 3 rings (SSSR count). The average molecular weight is 387 g/mol. The average Bonchev–Trinajstić information content (AvgIpc) is 3.11. The van der Waals surface area contributed by atoms with E-state index in [1.165, 1.54) is 0 Å². The van der Waals surface area contributed by atoms with E-state index in [2.05, 4.69) is 20.6 Å². The molecular formula is C20H23ClN4O2. The second-order valence-corrected chi connectivity index (χ2v) is 7.99. The van der Waals surface area contributed by atoms with Crippen molar-refractivity contribution in [1.29, 1.82) is 0 Å².